The molecule has 1 saturated heterocycles. The molecule has 0 aromatic carbocycles. The summed E-state index contributed by atoms with van der Waals surface area (Å²) in [6.07, 6.45) is 5.35. The molecular formula is C16H24N4O3S. The molecular weight excluding hydrogens is 328 g/mol. The zero-order valence-corrected chi connectivity index (χ0v) is 15.0. The third kappa shape index (κ3) is 2.43. The summed E-state index contributed by atoms with van der Waals surface area (Å²) in [5.41, 5.74) is 1.67. The highest BCUT2D eigenvalue weighted by Crippen LogP contribution is 2.46. The van der Waals surface area contributed by atoms with Gasteiger partial charge in [0, 0.05) is 44.1 Å². The predicted molar refractivity (Wildman–Crippen MR) is 90.2 cm³/mol. The van der Waals surface area contributed by atoms with Crippen molar-refractivity contribution in [3.8, 4) is 0 Å². The fourth-order valence-electron chi connectivity index (χ4n) is 4.08. The lowest BCUT2D eigenvalue weighted by Crippen LogP contribution is -2.48. The molecule has 7 nitrogen and oxygen atoms in total. The molecule has 132 valence electrons. The van der Waals surface area contributed by atoms with Gasteiger partial charge in [0.05, 0.1) is 5.69 Å². The van der Waals surface area contributed by atoms with Gasteiger partial charge in [-0.15, -0.1) is 0 Å². The second kappa shape index (κ2) is 5.37. The van der Waals surface area contributed by atoms with E-state index in [1.54, 1.807) is 18.4 Å². The smallest absolute Gasteiger partial charge is 0.281 e. The van der Waals surface area contributed by atoms with Crippen molar-refractivity contribution in [3.05, 3.63) is 27.4 Å². The van der Waals surface area contributed by atoms with Gasteiger partial charge in [-0.25, -0.2) is 4.98 Å². The second-order valence-electron chi connectivity index (χ2n) is 7.52. The first-order valence-electron chi connectivity index (χ1n) is 8.65. The zero-order valence-electron chi connectivity index (χ0n) is 14.2. The maximum absolute atomic E-state index is 12.4. The van der Waals surface area contributed by atoms with Gasteiger partial charge in [0.1, 0.15) is 5.82 Å². The van der Waals surface area contributed by atoms with E-state index in [-0.39, 0.29) is 11.0 Å². The molecule has 1 N–H and O–H groups in total. The van der Waals surface area contributed by atoms with Crippen molar-refractivity contribution in [2.45, 2.75) is 49.9 Å². The molecule has 0 bridgehead atoms. The molecule has 24 heavy (non-hydrogen) atoms. The average molecular weight is 352 g/mol. The van der Waals surface area contributed by atoms with Crippen LogP contribution in [0.5, 0.6) is 0 Å². The van der Waals surface area contributed by atoms with Gasteiger partial charge in [0.25, 0.3) is 15.8 Å². The topological polar surface area (TPSA) is 86.4 Å². The first-order chi connectivity index (χ1) is 11.3. The van der Waals surface area contributed by atoms with E-state index in [0.29, 0.717) is 19.0 Å². The molecule has 8 heteroatoms. The van der Waals surface area contributed by atoms with Crippen molar-refractivity contribution >= 4 is 10.2 Å². The molecule has 0 atom stereocenters. The Morgan fingerprint density at radius 2 is 1.88 bits per heavy atom. The summed E-state index contributed by atoms with van der Waals surface area (Å²) in [7, 11) is -0.239. The normalized spacial score (nSPS) is 23.8. The van der Waals surface area contributed by atoms with Gasteiger partial charge in [0.15, 0.2) is 0 Å². The van der Waals surface area contributed by atoms with Gasteiger partial charge in [-0.05, 0) is 38.5 Å². The summed E-state index contributed by atoms with van der Waals surface area (Å²) in [5.74, 6) is 1.25. The van der Waals surface area contributed by atoms with Crippen molar-refractivity contribution in [1.29, 1.82) is 0 Å². The zero-order chi connectivity index (χ0) is 17.1. The molecule has 2 heterocycles. The van der Waals surface area contributed by atoms with Crippen molar-refractivity contribution in [2.75, 3.05) is 27.2 Å². The number of aromatic amines is 1. The number of hydrogen-bond acceptors (Lipinski definition) is 4. The Balaban J connectivity index is 1.63. The van der Waals surface area contributed by atoms with E-state index in [2.05, 4.69) is 4.98 Å². The molecule has 1 aromatic rings. The molecule has 4 rings (SSSR count). The van der Waals surface area contributed by atoms with Crippen LogP contribution in [-0.4, -0.2) is 54.2 Å². The lowest BCUT2D eigenvalue weighted by atomic mass is 9.76. The number of hydrogen-bond donors (Lipinski definition) is 1. The third-order valence-corrected chi connectivity index (χ3v) is 7.76. The van der Waals surface area contributed by atoms with Crippen LogP contribution in [0.2, 0.25) is 0 Å². The number of aromatic nitrogens is 2. The van der Waals surface area contributed by atoms with Crippen LogP contribution < -0.4 is 5.56 Å². The van der Waals surface area contributed by atoms with Crippen molar-refractivity contribution in [3.63, 3.8) is 0 Å². The van der Waals surface area contributed by atoms with Crippen LogP contribution in [0.15, 0.2) is 4.79 Å². The van der Waals surface area contributed by atoms with Crippen molar-refractivity contribution in [2.24, 2.45) is 0 Å². The van der Waals surface area contributed by atoms with Crippen LogP contribution in [0, 0.1) is 0 Å². The first-order valence-corrected chi connectivity index (χ1v) is 10.0. The van der Waals surface area contributed by atoms with E-state index in [0.717, 1.165) is 55.6 Å². The number of fused-ring (bicyclic) bond motifs is 2. The molecule has 2 fully saturated rings. The van der Waals surface area contributed by atoms with E-state index in [9.17, 15) is 13.2 Å². The lowest BCUT2D eigenvalue weighted by molar-refractivity contribution is 0.220. The molecule has 1 aromatic heterocycles. The third-order valence-electron chi connectivity index (χ3n) is 5.82. The van der Waals surface area contributed by atoms with E-state index in [4.69, 9.17) is 4.98 Å². The summed E-state index contributed by atoms with van der Waals surface area (Å²) >= 11 is 0. The number of nitrogens with zero attached hydrogens (tertiary/aromatic N) is 3. The summed E-state index contributed by atoms with van der Waals surface area (Å²) in [4.78, 5) is 20.2. The summed E-state index contributed by atoms with van der Waals surface area (Å²) in [5, 5.41) is 0. The molecule has 0 radical (unpaired) electrons. The molecule has 0 amide bonds. The van der Waals surface area contributed by atoms with Gasteiger partial charge < -0.3 is 4.98 Å². The Morgan fingerprint density at radius 1 is 1.21 bits per heavy atom. The Kier molecular flexibility index (Phi) is 3.63. The fourth-order valence-corrected chi connectivity index (χ4v) is 5.19. The Hall–Kier alpha value is -1.25. The highest BCUT2D eigenvalue weighted by Gasteiger charge is 2.46. The predicted octanol–water partition coefficient (Wildman–Crippen LogP) is 0.734. The molecule has 2 aliphatic carbocycles. The van der Waals surface area contributed by atoms with E-state index in [1.165, 1.54) is 4.31 Å². The van der Waals surface area contributed by atoms with Crippen LogP contribution in [0.1, 0.15) is 55.1 Å². The molecule has 1 aliphatic heterocycles. The van der Waals surface area contributed by atoms with Crippen molar-refractivity contribution < 1.29 is 8.42 Å². The van der Waals surface area contributed by atoms with Crippen LogP contribution in [0.4, 0.5) is 0 Å². The lowest BCUT2D eigenvalue weighted by Gasteiger charge is -2.39. The average Bonchev–Trinajstić information content (AvgIpc) is 3.33. The minimum absolute atomic E-state index is 0.0158. The van der Waals surface area contributed by atoms with Gasteiger partial charge in [-0.3, -0.25) is 4.79 Å². The second-order valence-corrected chi connectivity index (χ2v) is 9.66. The van der Waals surface area contributed by atoms with Crippen LogP contribution >= 0.6 is 0 Å². The highest BCUT2D eigenvalue weighted by molar-refractivity contribution is 7.86. The molecule has 3 aliphatic rings. The summed E-state index contributed by atoms with van der Waals surface area (Å²) < 4.78 is 27.5. The highest BCUT2D eigenvalue weighted by atomic mass is 32.2. The molecule has 1 saturated carbocycles. The van der Waals surface area contributed by atoms with E-state index >= 15 is 0 Å². The van der Waals surface area contributed by atoms with Gasteiger partial charge in [-0.2, -0.15) is 17.0 Å². The maximum Gasteiger partial charge on any atom is 0.281 e. The van der Waals surface area contributed by atoms with Crippen LogP contribution in [0.3, 0.4) is 0 Å². The van der Waals surface area contributed by atoms with Gasteiger partial charge in [-0.1, -0.05) is 0 Å². The quantitative estimate of drug-likeness (QED) is 0.869. The number of rotatable bonds is 3. The molecule has 1 spiro atoms. The van der Waals surface area contributed by atoms with Crippen LogP contribution in [0.25, 0.3) is 0 Å². The largest absolute Gasteiger partial charge is 0.310 e. The molecule has 0 unspecified atom stereocenters. The minimum atomic E-state index is -3.36. The summed E-state index contributed by atoms with van der Waals surface area (Å²) in [6, 6.07) is 0. The summed E-state index contributed by atoms with van der Waals surface area (Å²) in [6.45, 7) is 0.986. The Bertz CT molecular complexity index is 818. The monoisotopic (exact) mass is 352 g/mol. The van der Waals surface area contributed by atoms with Gasteiger partial charge >= 0.3 is 0 Å². The van der Waals surface area contributed by atoms with Gasteiger partial charge in [0.2, 0.25) is 0 Å². The standard InChI is InChI=1S/C16H24N4O3S/c1-19(2)24(22,23)20-9-7-16(8-10-20)6-5-12-13(16)17-14(11-3-4-11)18-15(12)21/h11H,3-10H2,1-2H3,(H,17,18,21). The first kappa shape index (κ1) is 16.2. The number of H-pyrrole nitrogens is 1. The van der Waals surface area contributed by atoms with E-state index < -0.39 is 10.2 Å². The SMILES string of the molecule is CN(C)S(=O)(=O)N1CCC2(CCc3c2nc(C2CC2)[nH]c3=O)CC1. The Morgan fingerprint density at radius 3 is 2.46 bits per heavy atom. The maximum atomic E-state index is 12.4. The minimum Gasteiger partial charge on any atom is -0.310 e. The Labute approximate surface area is 142 Å². The fraction of sp³-hybridized carbons (Fsp3) is 0.750. The van der Waals surface area contributed by atoms with E-state index in [1.807, 2.05) is 0 Å². The van der Waals surface area contributed by atoms with Crippen LogP contribution in [-0.2, 0) is 22.0 Å². The number of nitrogens with one attached hydrogen (secondary N) is 1. The number of piperidine rings is 1. The van der Waals surface area contributed by atoms with Crippen molar-refractivity contribution in [1.82, 2.24) is 18.6 Å².